The molecule has 1 amide bonds. The molecule has 2 rings (SSSR count). The van der Waals surface area contributed by atoms with Crippen LogP contribution in [0.5, 0.6) is 0 Å². The van der Waals surface area contributed by atoms with E-state index in [-0.39, 0.29) is 11.5 Å². The maximum Gasteiger partial charge on any atom is 0.337 e. The van der Waals surface area contributed by atoms with Crippen LogP contribution in [0.15, 0.2) is 28.1 Å². The van der Waals surface area contributed by atoms with Crippen LogP contribution in [0.1, 0.15) is 25.6 Å². The maximum absolute atomic E-state index is 12.1. The summed E-state index contributed by atoms with van der Waals surface area (Å²) >= 11 is 6.70. The molecule has 0 saturated heterocycles. The van der Waals surface area contributed by atoms with Gasteiger partial charge in [0.1, 0.15) is 0 Å². The number of carbonyl (C=O) groups is 2. The van der Waals surface area contributed by atoms with Crippen LogP contribution in [-0.4, -0.2) is 17.0 Å². The van der Waals surface area contributed by atoms with Gasteiger partial charge in [0.2, 0.25) is 0 Å². The maximum atomic E-state index is 12.1. The van der Waals surface area contributed by atoms with Crippen LogP contribution in [-0.2, 0) is 0 Å². The molecule has 0 aliphatic heterocycles. The first kappa shape index (κ1) is 15.5. The van der Waals surface area contributed by atoms with E-state index in [1.54, 1.807) is 18.2 Å². The predicted octanol–water partition coefficient (Wildman–Crippen LogP) is 4.37. The van der Waals surface area contributed by atoms with Crippen LogP contribution in [0.2, 0.25) is 0 Å². The molecule has 0 bridgehead atoms. The lowest BCUT2D eigenvalue weighted by Crippen LogP contribution is -2.13. The van der Waals surface area contributed by atoms with Crippen molar-refractivity contribution in [2.45, 2.75) is 6.92 Å². The molecule has 0 atom stereocenters. The van der Waals surface area contributed by atoms with E-state index in [2.05, 4.69) is 21.2 Å². The van der Waals surface area contributed by atoms with E-state index >= 15 is 0 Å². The SMILES string of the molecule is Cc1cc(C(=O)Nc2ccc(I)cc2C(=O)O)sc1Br. The highest BCUT2D eigenvalue weighted by atomic mass is 127. The number of carbonyl (C=O) groups excluding carboxylic acids is 1. The van der Waals surface area contributed by atoms with Crippen LogP contribution >= 0.6 is 49.9 Å². The molecule has 0 aliphatic rings. The van der Waals surface area contributed by atoms with E-state index in [0.717, 1.165) is 12.9 Å². The second-order valence-corrected chi connectivity index (χ2v) is 7.63. The van der Waals surface area contributed by atoms with Crippen molar-refractivity contribution < 1.29 is 14.7 Å². The smallest absolute Gasteiger partial charge is 0.337 e. The Bertz CT molecular complexity index is 679. The summed E-state index contributed by atoms with van der Waals surface area (Å²) in [6, 6.07) is 6.63. The van der Waals surface area contributed by atoms with Crippen LogP contribution < -0.4 is 5.32 Å². The number of hydrogen-bond acceptors (Lipinski definition) is 3. The molecule has 0 fully saturated rings. The highest BCUT2D eigenvalue weighted by Crippen LogP contribution is 2.28. The van der Waals surface area contributed by atoms with Gasteiger partial charge >= 0.3 is 5.97 Å². The lowest BCUT2D eigenvalue weighted by Gasteiger charge is -2.07. The molecular weight excluding hydrogens is 457 g/mol. The first-order chi connectivity index (χ1) is 9.38. The van der Waals surface area contributed by atoms with Gasteiger partial charge in [0.05, 0.1) is 19.9 Å². The molecule has 0 saturated carbocycles. The van der Waals surface area contributed by atoms with Crippen molar-refractivity contribution in [1.29, 1.82) is 0 Å². The average Bonchev–Trinajstić information content (AvgIpc) is 2.71. The summed E-state index contributed by atoms with van der Waals surface area (Å²) in [7, 11) is 0. The summed E-state index contributed by atoms with van der Waals surface area (Å²) in [5.41, 5.74) is 1.35. The highest BCUT2D eigenvalue weighted by Gasteiger charge is 2.16. The van der Waals surface area contributed by atoms with Gasteiger partial charge in [-0.3, -0.25) is 4.79 Å². The minimum atomic E-state index is -1.07. The van der Waals surface area contributed by atoms with Crippen molar-refractivity contribution >= 4 is 67.4 Å². The number of hydrogen-bond donors (Lipinski definition) is 2. The topological polar surface area (TPSA) is 66.4 Å². The first-order valence-corrected chi connectivity index (χ1v) is 8.17. The number of thiophene rings is 1. The molecule has 1 aromatic heterocycles. The van der Waals surface area contributed by atoms with Gasteiger partial charge in [0.15, 0.2) is 0 Å². The van der Waals surface area contributed by atoms with Crippen molar-refractivity contribution in [1.82, 2.24) is 0 Å². The van der Waals surface area contributed by atoms with Gasteiger partial charge in [-0.1, -0.05) is 0 Å². The van der Waals surface area contributed by atoms with E-state index in [9.17, 15) is 9.59 Å². The number of aromatic carboxylic acids is 1. The summed E-state index contributed by atoms with van der Waals surface area (Å²) in [4.78, 5) is 23.8. The van der Waals surface area contributed by atoms with Gasteiger partial charge in [0.25, 0.3) is 5.91 Å². The van der Waals surface area contributed by atoms with Crippen LogP contribution in [0.25, 0.3) is 0 Å². The molecule has 2 aromatic rings. The number of anilines is 1. The second kappa shape index (κ2) is 6.23. The van der Waals surface area contributed by atoms with Crippen LogP contribution in [0.3, 0.4) is 0 Å². The quantitative estimate of drug-likeness (QED) is 0.661. The zero-order valence-electron chi connectivity index (χ0n) is 10.2. The largest absolute Gasteiger partial charge is 0.478 e. The molecule has 104 valence electrons. The van der Waals surface area contributed by atoms with Crippen molar-refractivity contribution in [3.8, 4) is 0 Å². The highest BCUT2D eigenvalue weighted by molar-refractivity contribution is 14.1. The summed E-state index contributed by atoms with van der Waals surface area (Å²) in [6.07, 6.45) is 0. The van der Waals surface area contributed by atoms with Crippen molar-refractivity contribution in [3.05, 3.63) is 47.6 Å². The van der Waals surface area contributed by atoms with E-state index in [1.165, 1.54) is 17.4 Å². The summed E-state index contributed by atoms with van der Waals surface area (Å²) in [6.45, 7) is 1.89. The fourth-order valence-corrected chi connectivity index (χ4v) is 3.48. The number of rotatable bonds is 3. The van der Waals surface area contributed by atoms with Gasteiger partial charge in [-0.15, -0.1) is 11.3 Å². The lowest BCUT2D eigenvalue weighted by atomic mass is 10.2. The molecular formula is C13H9BrINO3S. The van der Waals surface area contributed by atoms with Crippen molar-refractivity contribution in [3.63, 3.8) is 0 Å². The third-order valence-electron chi connectivity index (χ3n) is 2.54. The Kier molecular flexibility index (Phi) is 4.82. The van der Waals surface area contributed by atoms with Gasteiger partial charge in [-0.25, -0.2) is 4.79 Å². The molecule has 1 aromatic carbocycles. The molecule has 1 heterocycles. The Morgan fingerprint density at radius 1 is 1.35 bits per heavy atom. The predicted molar refractivity (Wildman–Crippen MR) is 90.8 cm³/mol. The molecule has 0 unspecified atom stereocenters. The molecule has 0 spiro atoms. The zero-order chi connectivity index (χ0) is 14.9. The summed E-state index contributed by atoms with van der Waals surface area (Å²) < 4.78 is 1.69. The van der Waals surface area contributed by atoms with E-state index in [1.807, 2.05) is 29.5 Å². The number of halogens is 2. The van der Waals surface area contributed by atoms with Gasteiger partial charge in [0, 0.05) is 3.57 Å². The first-order valence-electron chi connectivity index (χ1n) is 5.48. The minimum Gasteiger partial charge on any atom is -0.478 e. The number of carboxylic acid groups (broad SMARTS) is 1. The number of benzene rings is 1. The molecule has 0 radical (unpaired) electrons. The third-order valence-corrected chi connectivity index (χ3v) is 5.35. The summed E-state index contributed by atoms with van der Waals surface area (Å²) in [5, 5.41) is 11.8. The number of carboxylic acids is 1. The summed E-state index contributed by atoms with van der Waals surface area (Å²) in [5.74, 6) is -1.38. The Balaban J connectivity index is 2.30. The van der Waals surface area contributed by atoms with Crippen molar-refractivity contribution in [2.75, 3.05) is 5.32 Å². The Labute approximate surface area is 141 Å². The van der Waals surface area contributed by atoms with E-state index in [0.29, 0.717) is 10.6 Å². The second-order valence-electron chi connectivity index (χ2n) is 4.02. The number of nitrogens with one attached hydrogen (secondary N) is 1. The molecule has 7 heteroatoms. The molecule has 0 aliphatic carbocycles. The van der Waals surface area contributed by atoms with Gasteiger partial charge in [-0.2, -0.15) is 0 Å². The molecule has 20 heavy (non-hydrogen) atoms. The Hall–Kier alpha value is -0.930. The van der Waals surface area contributed by atoms with E-state index in [4.69, 9.17) is 5.11 Å². The monoisotopic (exact) mass is 465 g/mol. The standard InChI is InChI=1S/C13H9BrINO3S/c1-6-4-10(20-11(6)14)12(17)16-9-3-2-7(15)5-8(9)13(18)19/h2-5H,1H3,(H,16,17)(H,18,19). The Morgan fingerprint density at radius 3 is 2.60 bits per heavy atom. The molecule has 2 N–H and O–H groups in total. The lowest BCUT2D eigenvalue weighted by molar-refractivity contribution is 0.0698. The molecule has 4 nitrogen and oxygen atoms in total. The number of amides is 1. The average molecular weight is 466 g/mol. The Morgan fingerprint density at radius 2 is 2.05 bits per heavy atom. The van der Waals surface area contributed by atoms with Gasteiger partial charge < -0.3 is 10.4 Å². The minimum absolute atomic E-state index is 0.0811. The van der Waals surface area contributed by atoms with E-state index < -0.39 is 5.97 Å². The zero-order valence-corrected chi connectivity index (χ0v) is 14.8. The fourth-order valence-electron chi connectivity index (χ4n) is 1.56. The van der Waals surface area contributed by atoms with Crippen molar-refractivity contribution in [2.24, 2.45) is 0 Å². The van der Waals surface area contributed by atoms with Crippen LogP contribution in [0.4, 0.5) is 5.69 Å². The number of aryl methyl sites for hydroxylation is 1. The normalized spacial score (nSPS) is 10.3. The third kappa shape index (κ3) is 3.39. The fraction of sp³-hybridized carbons (Fsp3) is 0.0769. The van der Waals surface area contributed by atoms with Crippen LogP contribution in [0, 0.1) is 10.5 Å². The van der Waals surface area contributed by atoms with Gasteiger partial charge in [-0.05, 0) is 75.3 Å².